The van der Waals surface area contributed by atoms with Crippen molar-refractivity contribution in [2.24, 2.45) is 0 Å². The van der Waals surface area contributed by atoms with E-state index in [2.05, 4.69) is 5.32 Å². The topological polar surface area (TPSA) is 49.4 Å². The zero-order valence-electron chi connectivity index (χ0n) is 16.5. The van der Waals surface area contributed by atoms with Gasteiger partial charge in [0.15, 0.2) is 0 Å². The van der Waals surface area contributed by atoms with Gasteiger partial charge in [-0.1, -0.05) is 66.4 Å². The van der Waals surface area contributed by atoms with Crippen molar-refractivity contribution >= 4 is 35.0 Å². The van der Waals surface area contributed by atoms with Gasteiger partial charge in [-0.25, -0.2) is 0 Å². The molecule has 0 radical (unpaired) electrons. The number of amides is 2. The molecule has 29 heavy (non-hydrogen) atoms. The fourth-order valence-corrected chi connectivity index (χ4v) is 4.12. The standard InChI is InChI=1S/C23H26Cl2N2O2/c1-16(23(29)26-20-10-3-4-11-20)27(15-18-8-2-5-12-21(18)25)22(28)14-17-7-6-9-19(24)13-17/h2,5-9,12-13,16,20H,3-4,10-11,14-15H2,1H3,(H,26,29). The first kappa shape index (κ1) is 21.7. The molecule has 0 saturated heterocycles. The molecule has 1 aliphatic rings. The first-order valence-electron chi connectivity index (χ1n) is 10.0. The first-order valence-corrected chi connectivity index (χ1v) is 10.8. The largest absolute Gasteiger partial charge is 0.352 e. The molecule has 1 fully saturated rings. The molecule has 4 nitrogen and oxygen atoms in total. The van der Waals surface area contributed by atoms with E-state index >= 15 is 0 Å². The van der Waals surface area contributed by atoms with Gasteiger partial charge in [-0.2, -0.15) is 0 Å². The molecular weight excluding hydrogens is 407 g/mol. The second-order valence-corrected chi connectivity index (χ2v) is 8.43. The van der Waals surface area contributed by atoms with Crippen molar-refractivity contribution < 1.29 is 9.59 Å². The molecule has 2 amide bonds. The smallest absolute Gasteiger partial charge is 0.242 e. The fraction of sp³-hybridized carbons (Fsp3) is 0.391. The normalized spacial score (nSPS) is 15.1. The van der Waals surface area contributed by atoms with Crippen LogP contribution in [0, 0.1) is 0 Å². The van der Waals surface area contributed by atoms with Crippen molar-refractivity contribution in [3.05, 3.63) is 69.7 Å². The Balaban J connectivity index is 1.78. The van der Waals surface area contributed by atoms with Crippen LogP contribution in [0.3, 0.4) is 0 Å². The molecule has 0 spiro atoms. The molecule has 0 bridgehead atoms. The summed E-state index contributed by atoms with van der Waals surface area (Å²) in [6, 6.07) is 14.2. The van der Waals surface area contributed by atoms with Crippen LogP contribution in [-0.2, 0) is 22.6 Å². The summed E-state index contributed by atoms with van der Waals surface area (Å²) in [4.78, 5) is 27.7. The minimum Gasteiger partial charge on any atom is -0.352 e. The molecule has 3 rings (SSSR count). The van der Waals surface area contributed by atoms with E-state index < -0.39 is 6.04 Å². The number of hydrogen-bond acceptors (Lipinski definition) is 2. The van der Waals surface area contributed by atoms with Crippen LogP contribution in [0.1, 0.15) is 43.7 Å². The van der Waals surface area contributed by atoms with E-state index in [1.54, 1.807) is 30.0 Å². The molecule has 0 aliphatic heterocycles. The second kappa shape index (κ2) is 10.1. The summed E-state index contributed by atoms with van der Waals surface area (Å²) in [6.07, 6.45) is 4.44. The van der Waals surface area contributed by atoms with E-state index in [1.165, 1.54) is 0 Å². The molecule has 0 aromatic heterocycles. The monoisotopic (exact) mass is 432 g/mol. The Morgan fingerprint density at radius 1 is 1.10 bits per heavy atom. The minimum absolute atomic E-state index is 0.122. The number of nitrogens with zero attached hydrogens (tertiary/aromatic N) is 1. The van der Waals surface area contributed by atoms with Gasteiger partial charge in [-0.15, -0.1) is 0 Å². The second-order valence-electron chi connectivity index (χ2n) is 7.59. The van der Waals surface area contributed by atoms with Gasteiger partial charge in [0.1, 0.15) is 6.04 Å². The highest BCUT2D eigenvalue weighted by atomic mass is 35.5. The SMILES string of the molecule is CC(C(=O)NC1CCCC1)N(Cc1ccccc1Cl)C(=O)Cc1cccc(Cl)c1. The molecule has 2 aromatic carbocycles. The van der Waals surface area contributed by atoms with Crippen LogP contribution in [0.15, 0.2) is 48.5 Å². The number of halogens is 2. The molecule has 1 atom stereocenters. The Kier molecular flexibility index (Phi) is 7.57. The molecule has 0 heterocycles. The number of benzene rings is 2. The van der Waals surface area contributed by atoms with Gasteiger partial charge in [0.2, 0.25) is 11.8 Å². The Hall–Kier alpha value is -2.04. The van der Waals surface area contributed by atoms with E-state index in [4.69, 9.17) is 23.2 Å². The van der Waals surface area contributed by atoms with Crippen molar-refractivity contribution in [3.63, 3.8) is 0 Å². The predicted molar refractivity (Wildman–Crippen MR) is 117 cm³/mol. The summed E-state index contributed by atoms with van der Waals surface area (Å²) < 4.78 is 0. The lowest BCUT2D eigenvalue weighted by molar-refractivity contribution is -0.140. The van der Waals surface area contributed by atoms with Crippen LogP contribution >= 0.6 is 23.2 Å². The lowest BCUT2D eigenvalue weighted by Gasteiger charge is -2.30. The van der Waals surface area contributed by atoms with Gasteiger partial charge in [0, 0.05) is 22.6 Å². The third kappa shape index (κ3) is 5.97. The lowest BCUT2D eigenvalue weighted by atomic mass is 10.1. The highest BCUT2D eigenvalue weighted by Crippen LogP contribution is 2.21. The van der Waals surface area contributed by atoms with E-state index in [0.29, 0.717) is 10.0 Å². The number of nitrogens with one attached hydrogen (secondary N) is 1. The van der Waals surface area contributed by atoms with E-state index in [-0.39, 0.29) is 30.8 Å². The third-order valence-electron chi connectivity index (χ3n) is 5.41. The summed E-state index contributed by atoms with van der Waals surface area (Å²) in [6.45, 7) is 2.05. The molecular formula is C23H26Cl2N2O2. The maximum absolute atomic E-state index is 13.2. The predicted octanol–water partition coefficient (Wildman–Crippen LogP) is 5.01. The first-order chi connectivity index (χ1) is 13.9. The zero-order valence-corrected chi connectivity index (χ0v) is 18.0. The van der Waals surface area contributed by atoms with Crippen LogP contribution in [0.5, 0.6) is 0 Å². The summed E-state index contributed by atoms with van der Waals surface area (Å²) in [5, 5.41) is 4.26. The number of hydrogen-bond donors (Lipinski definition) is 1. The number of carbonyl (C=O) groups is 2. The van der Waals surface area contributed by atoms with E-state index in [0.717, 1.165) is 36.8 Å². The van der Waals surface area contributed by atoms with Crippen molar-refractivity contribution in [2.75, 3.05) is 0 Å². The highest BCUT2D eigenvalue weighted by molar-refractivity contribution is 6.31. The van der Waals surface area contributed by atoms with E-state index in [9.17, 15) is 9.59 Å². The van der Waals surface area contributed by atoms with Gasteiger partial charge in [-0.05, 0) is 49.1 Å². The Bertz CT molecular complexity index is 865. The van der Waals surface area contributed by atoms with Crippen LogP contribution in [0.2, 0.25) is 10.0 Å². The van der Waals surface area contributed by atoms with Gasteiger partial charge in [-0.3, -0.25) is 9.59 Å². The average molecular weight is 433 g/mol. The molecule has 1 N–H and O–H groups in total. The van der Waals surface area contributed by atoms with Gasteiger partial charge in [0.05, 0.1) is 6.42 Å². The van der Waals surface area contributed by atoms with Gasteiger partial charge < -0.3 is 10.2 Å². The van der Waals surface area contributed by atoms with Crippen LogP contribution < -0.4 is 5.32 Å². The van der Waals surface area contributed by atoms with Crippen molar-refractivity contribution in [2.45, 2.75) is 57.7 Å². The van der Waals surface area contributed by atoms with Crippen molar-refractivity contribution in [3.8, 4) is 0 Å². The molecule has 2 aromatic rings. The summed E-state index contributed by atoms with van der Waals surface area (Å²) in [5.74, 6) is -0.260. The highest BCUT2D eigenvalue weighted by Gasteiger charge is 2.28. The van der Waals surface area contributed by atoms with Crippen LogP contribution in [0.25, 0.3) is 0 Å². The maximum Gasteiger partial charge on any atom is 0.242 e. The fourth-order valence-electron chi connectivity index (χ4n) is 3.71. The Morgan fingerprint density at radius 3 is 2.52 bits per heavy atom. The minimum atomic E-state index is -0.599. The van der Waals surface area contributed by atoms with Crippen molar-refractivity contribution in [1.29, 1.82) is 0 Å². The van der Waals surface area contributed by atoms with Gasteiger partial charge >= 0.3 is 0 Å². The molecule has 6 heteroatoms. The number of carbonyl (C=O) groups excluding carboxylic acids is 2. The maximum atomic E-state index is 13.2. The Labute approximate surface area is 182 Å². The Morgan fingerprint density at radius 2 is 1.83 bits per heavy atom. The molecule has 1 aliphatic carbocycles. The van der Waals surface area contributed by atoms with Crippen LogP contribution in [-0.4, -0.2) is 28.8 Å². The molecule has 1 unspecified atom stereocenters. The number of rotatable bonds is 7. The van der Waals surface area contributed by atoms with Gasteiger partial charge in [0.25, 0.3) is 0 Å². The van der Waals surface area contributed by atoms with Crippen molar-refractivity contribution in [1.82, 2.24) is 10.2 Å². The summed E-state index contributed by atoms with van der Waals surface area (Å²) in [7, 11) is 0. The average Bonchev–Trinajstić information content (AvgIpc) is 3.19. The summed E-state index contributed by atoms with van der Waals surface area (Å²) >= 11 is 12.4. The lowest BCUT2D eigenvalue weighted by Crippen LogP contribution is -2.50. The molecule has 154 valence electrons. The summed E-state index contributed by atoms with van der Waals surface area (Å²) in [5.41, 5.74) is 1.63. The van der Waals surface area contributed by atoms with Crippen LogP contribution in [0.4, 0.5) is 0 Å². The third-order valence-corrected chi connectivity index (χ3v) is 6.02. The quantitative estimate of drug-likeness (QED) is 0.667. The molecule has 1 saturated carbocycles. The zero-order chi connectivity index (χ0) is 20.8. The van der Waals surface area contributed by atoms with E-state index in [1.807, 2.05) is 30.3 Å².